The second-order valence-electron chi connectivity index (χ2n) is 8.10. The number of pyridine rings is 1. The molecule has 1 aromatic heterocycles. The lowest BCUT2D eigenvalue weighted by atomic mass is 9.90. The standard InChI is InChI=1S/C23H33N3O10/c1-13-18(33-14(2)27)20(34-15(3)28)22(36-19(13)21(29)31-6)35-17-8-7-9-25-16(17)12-32-23(30)26(5)11-10-24-4/h7-9,13,18-20,22,24H,10-12H2,1-6H3/t13-,18-,19-,20+,22+/m0/s1. The molecule has 0 saturated carbocycles. The van der Waals surface area contributed by atoms with Crippen molar-refractivity contribution in [3.63, 3.8) is 0 Å². The van der Waals surface area contributed by atoms with Gasteiger partial charge in [0.2, 0.25) is 12.4 Å². The molecule has 5 atom stereocenters. The second kappa shape index (κ2) is 13.6. The first-order valence-corrected chi connectivity index (χ1v) is 11.3. The molecule has 1 amide bonds. The van der Waals surface area contributed by atoms with E-state index >= 15 is 0 Å². The van der Waals surface area contributed by atoms with Crippen LogP contribution in [0.1, 0.15) is 26.5 Å². The fraction of sp³-hybridized carbons (Fsp3) is 0.609. The Morgan fingerprint density at radius 1 is 1.14 bits per heavy atom. The van der Waals surface area contributed by atoms with Gasteiger partial charge in [0.05, 0.1) is 7.11 Å². The van der Waals surface area contributed by atoms with Gasteiger partial charge in [0.15, 0.2) is 12.2 Å². The Morgan fingerprint density at radius 3 is 2.42 bits per heavy atom. The summed E-state index contributed by atoms with van der Waals surface area (Å²) in [5.41, 5.74) is 0.246. The van der Waals surface area contributed by atoms with Crippen LogP contribution in [0.4, 0.5) is 4.79 Å². The number of ether oxygens (including phenoxy) is 6. The van der Waals surface area contributed by atoms with Gasteiger partial charge in [0.1, 0.15) is 18.1 Å². The smallest absolute Gasteiger partial charge is 0.409 e. The number of methoxy groups -OCH3 is 1. The zero-order valence-electron chi connectivity index (χ0n) is 21.2. The van der Waals surface area contributed by atoms with Crippen molar-refractivity contribution in [2.75, 3.05) is 34.3 Å². The minimum Gasteiger partial charge on any atom is -0.467 e. The lowest BCUT2D eigenvalue weighted by Gasteiger charge is -2.42. The Morgan fingerprint density at radius 2 is 1.81 bits per heavy atom. The Labute approximate surface area is 209 Å². The molecule has 0 aliphatic carbocycles. The van der Waals surface area contributed by atoms with E-state index in [9.17, 15) is 19.2 Å². The molecule has 0 aromatic carbocycles. The van der Waals surface area contributed by atoms with Crippen molar-refractivity contribution in [2.24, 2.45) is 5.92 Å². The Kier molecular flexibility index (Phi) is 10.9. The van der Waals surface area contributed by atoms with Gasteiger partial charge in [0, 0.05) is 46.1 Å². The number of hydrogen-bond acceptors (Lipinski definition) is 12. The van der Waals surface area contributed by atoms with Crippen molar-refractivity contribution < 1.29 is 47.6 Å². The molecule has 13 heteroatoms. The van der Waals surface area contributed by atoms with Gasteiger partial charge >= 0.3 is 24.0 Å². The highest BCUT2D eigenvalue weighted by Gasteiger charge is 2.52. The molecule has 1 aliphatic rings. The molecule has 1 fully saturated rings. The summed E-state index contributed by atoms with van der Waals surface area (Å²) in [7, 11) is 4.55. The lowest BCUT2D eigenvalue weighted by molar-refractivity contribution is -0.266. The number of nitrogens with one attached hydrogen (secondary N) is 1. The minimum atomic E-state index is -1.38. The molecule has 1 N–H and O–H groups in total. The second-order valence-corrected chi connectivity index (χ2v) is 8.10. The third-order valence-electron chi connectivity index (χ3n) is 5.34. The van der Waals surface area contributed by atoms with Gasteiger partial charge in [-0.2, -0.15) is 0 Å². The van der Waals surface area contributed by atoms with E-state index in [1.807, 2.05) is 0 Å². The molecule has 1 aromatic rings. The fourth-order valence-corrected chi connectivity index (χ4v) is 3.51. The Balaban J connectivity index is 2.30. The Bertz CT molecular complexity index is 927. The fourth-order valence-electron chi connectivity index (χ4n) is 3.51. The number of likely N-dealkylation sites (N-methyl/N-ethyl adjacent to an activating group) is 2. The maximum absolute atomic E-state index is 12.4. The number of amides is 1. The van der Waals surface area contributed by atoms with Crippen LogP contribution in [-0.2, 0) is 44.7 Å². The lowest BCUT2D eigenvalue weighted by Crippen LogP contribution is -2.60. The van der Waals surface area contributed by atoms with Crippen molar-refractivity contribution in [1.29, 1.82) is 0 Å². The van der Waals surface area contributed by atoms with Crippen LogP contribution in [0.2, 0.25) is 0 Å². The van der Waals surface area contributed by atoms with Crippen LogP contribution < -0.4 is 10.1 Å². The highest BCUT2D eigenvalue weighted by atomic mass is 16.7. The molecule has 1 saturated heterocycles. The minimum absolute atomic E-state index is 0.144. The van der Waals surface area contributed by atoms with Crippen LogP contribution in [0.3, 0.4) is 0 Å². The summed E-state index contributed by atoms with van der Waals surface area (Å²) in [6.45, 7) is 4.76. The number of rotatable bonds is 10. The topological polar surface area (TPSA) is 152 Å². The van der Waals surface area contributed by atoms with Crippen LogP contribution in [-0.4, -0.2) is 92.8 Å². The third-order valence-corrected chi connectivity index (χ3v) is 5.34. The Hall–Kier alpha value is -3.45. The molecular formula is C23H33N3O10. The SMILES string of the molecule is CNCCN(C)C(=O)OCc1ncccc1O[C@@H]1O[C@H](C(=O)OC)[C@@H](C)[C@H](OC(C)=O)[C@H]1OC(C)=O. The molecule has 36 heavy (non-hydrogen) atoms. The summed E-state index contributed by atoms with van der Waals surface area (Å²) in [4.78, 5) is 53.9. The number of carbonyl (C=O) groups is 4. The van der Waals surface area contributed by atoms with E-state index in [0.717, 1.165) is 0 Å². The largest absolute Gasteiger partial charge is 0.467 e. The molecule has 13 nitrogen and oxygen atoms in total. The zero-order chi connectivity index (χ0) is 26.8. The predicted octanol–water partition coefficient (Wildman–Crippen LogP) is 0.646. The molecule has 0 radical (unpaired) electrons. The first-order chi connectivity index (χ1) is 17.1. The summed E-state index contributed by atoms with van der Waals surface area (Å²) in [6, 6.07) is 3.12. The molecule has 200 valence electrons. The number of aromatic nitrogens is 1. The average Bonchev–Trinajstić information content (AvgIpc) is 2.84. The van der Waals surface area contributed by atoms with Crippen LogP contribution in [0.15, 0.2) is 18.3 Å². The van der Waals surface area contributed by atoms with E-state index in [1.54, 1.807) is 33.2 Å². The summed E-state index contributed by atoms with van der Waals surface area (Å²) in [6.07, 6.45) is -3.94. The number of hydrogen-bond donors (Lipinski definition) is 1. The zero-order valence-corrected chi connectivity index (χ0v) is 21.2. The molecule has 2 heterocycles. The highest BCUT2D eigenvalue weighted by molar-refractivity contribution is 5.75. The third kappa shape index (κ3) is 7.78. The van der Waals surface area contributed by atoms with Gasteiger partial charge in [0.25, 0.3) is 0 Å². The van der Waals surface area contributed by atoms with Crippen molar-refractivity contribution in [2.45, 2.75) is 52.0 Å². The van der Waals surface area contributed by atoms with Crippen molar-refractivity contribution >= 4 is 24.0 Å². The van der Waals surface area contributed by atoms with Gasteiger partial charge < -0.3 is 38.6 Å². The molecule has 0 bridgehead atoms. The van der Waals surface area contributed by atoms with Crippen molar-refractivity contribution in [3.8, 4) is 5.75 Å². The molecule has 2 rings (SSSR count). The normalized spacial score (nSPS) is 23.2. The van der Waals surface area contributed by atoms with Crippen LogP contribution in [0.25, 0.3) is 0 Å². The van der Waals surface area contributed by atoms with E-state index in [4.69, 9.17) is 28.4 Å². The van der Waals surface area contributed by atoms with Gasteiger partial charge in [-0.3, -0.25) is 14.6 Å². The van der Waals surface area contributed by atoms with Gasteiger partial charge in [-0.05, 0) is 19.2 Å². The van der Waals surface area contributed by atoms with E-state index in [-0.39, 0.29) is 18.1 Å². The predicted molar refractivity (Wildman–Crippen MR) is 123 cm³/mol. The van der Waals surface area contributed by atoms with Crippen LogP contribution in [0, 0.1) is 5.92 Å². The van der Waals surface area contributed by atoms with E-state index in [0.29, 0.717) is 13.1 Å². The number of esters is 3. The molecule has 0 unspecified atom stereocenters. The van der Waals surface area contributed by atoms with Gasteiger partial charge in [-0.15, -0.1) is 0 Å². The summed E-state index contributed by atoms with van der Waals surface area (Å²) in [5, 5.41) is 2.94. The summed E-state index contributed by atoms with van der Waals surface area (Å²) in [5.74, 6) is -2.63. The first-order valence-electron chi connectivity index (χ1n) is 11.3. The first kappa shape index (κ1) is 28.8. The number of carbonyl (C=O) groups excluding carboxylic acids is 4. The van der Waals surface area contributed by atoms with E-state index < -0.39 is 54.5 Å². The molecular weight excluding hydrogens is 478 g/mol. The van der Waals surface area contributed by atoms with Gasteiger partial charge in [-0.1, -0.05) is 6.92 Å². The highest BCUT2D eigenvalue weighted by Crippen LogP contribution is 2.33. The van der Waals surface area contributed by atoms with Gasteiger partial charge in [-0.25, -0.2) is 9.59 Å². The van der Waals surface area contributed by atoms with E-state index in [1.165, 1.54) is 32.1 Å². The van der Waals surface area contributed by atoms with Crippen molar-refractivity contribution in [1.82, 2.24) is 15.2 Å². The summed E-state index contributed by atoms with van der Waals surface area (Å²) < 4.78 is 32.7. The molecule has 1 aliphatic heterocycles. The molecule has 0 spiro atoms. The van der Waals surface area contributed by atoms with Crippen LogP contribution >= 0.6 is 0 Å². The maximum Gasteiger partial charge on any atom is 0.409 e. The number of nitrogens with zero attached hydrogens (tertiary/aromatic N) is 2. The maximum atomic E-state index is 12.4. The van der Waals surface area contributed by atoms with E-state index in [2.05, 4.69) is 10.3 Å². The summed E-state index contributed by atoms with van der Waals surface area (Å²) >= 11 is 0. The monoisotopic (exact) mass is 511 g/mol. The van der Waals surface area contributed by atoms with Crippen molar-refractivity contribution in [3.05, 3.63) is 24.0 Å². The van der Waals surface area contributed by atoms with Crippen LogP contribution in [0.5, 0.6) is 5.75 Å². The average molecular weight is 512 g/mol. The quantitative estimate of drug-likeness (QED) is 0.347.